The lowest BCUT2D eigenvalue weighted by Gasteiger charge is -2.26. The van der Waals surface area contributed by atoms with Crippen molar-refractivity contribution >= 4 is 23.4 Å². The molecule has 10 nitrogen and oxygen atoms in total. The summed E-state index contributed by atoms with van der Waals surface area (Å²) in [4.78, 5) is 13.0. The number of nitrogens with zero attached hydrogens (tertiary/aromatic N) is 5. The Labute approximate surface area is 179 Å². The van der Waals surface area contributed by atoms with Crippen molar-refractivity contribution < 1.29 is 9.52 Å². The van der Waals surface area contributed by atoms with Gasteiger partial charge in [-0.2, -0.15) is 19.5 Å². The first kappa shape index (κ1) is 20.6. The average molecular weight is 422 g/mol. The molecule has 0 aliphatic rings. The molecule has 5 N–H and O–H groups in total. The predicted molar refractivity (Wildman–Crippen MR) is 119 cm³/mol. The summed E-state index contributed by atoms with van der Waals surface area (Å²) in [5.74, 6) is 1.88. The number of anilines is 3. The molecule has 0 unspecified atom stereocenters. The molecule has 10 heteroatoms. The summed E-state index contributed by atoms with van der Waals surface area (Å²) >= 11 is 0. The zero-order valence-corrected chi connectivity index (χ0v) is 17.5. The molecule has 3 heterocycles. The van der Waals surface area contributed by atoms with Gasteiger partial charge in [-0.1, -0.05) is 12.1 Å². The molecule has 0 aliphatic heterocycles. The molecule has 1 aromatic carbocycles. The van der Waals surface area contributed by atoms with Crippen molar-refractivity contribution in [3.63, 3.8) is 0 Å². The van der Waals surface area contributed by atoms with Crippen molar-refractivity contribution in [3.8, 4) is 11.6 Å². The molecule has 31 heavy (non-hydrogen) atoms. The van der Waals surface area contributed by atoms with Crippen LogP contribution in [-0.2, 0) is 6.42 Å². The molecular weight excluding hydrogens is 396 g/mol. The van der Waals surface area contributed by atoms with Crippen molar-refractivity contribution in [1.82, 2.24) is 24.6 Å². The van der Waals surface area contributed by atoms with E-state index in [-0.39, 0.29) is 18.1 Å². The maximum Gasteiger partial charge on any atom is 0.259 e. The van der Waals surface area contributed by atoms with Crippen LogP contribution in [0.4, 0.5) is 17.6 Å². The highest BCUT2D eigenvalue weighted by Gasteiger charge is 2.16. The van der Waals surface area contributed by atoms with E-state index in [9.17, 15) is 0 Å². The van der Waals surface area contributed by atoms with Gasteiger partial charge in [0.05, 0.1) is 6.26 Å². The summed E-state index contributed by atoms with van der Waals surface area (Å²) in [7, 11) is 0. The number of nitrogens with one attached hydrogen (secondary N) is 2. The number of fused-ring (bicyclic) bond motifs is 1. The molecule has 4 rings (SSSR count). The Balaban J connectivity index is 1.37. The van der Waals surface area contributed by atoms with Gasteiger partial charge >= 0.3 is 0 Å². The van der Waals surface area contributed by atoms with Crippen LogP contribution in [0.2, 0.25) is 0 Å². The molecule has 0 saturated heterocycles. The first-order chi connectivity index (χ1) is 14.9. The number of furan rings is 1. The van der Waals surface area contributed by atoms with Gasteiger partial charge in [-0.15, -0.1) is 5.10 Å². The Morgan fingerprint density at radius 2 is 1.94 bits per heavy atom. The second kappa shape index (κ2) is 8.60. The van der Waals surface area contributed by atoms with Crippen LogP contribution in [0.15, 0.2) is 47.1 Å². The second-order valence-corrected chi connectivity index (χ2v) is 7.89. The van der Waals surface area contributed by atoms with Crippen molar-refractivity contribution in [3.05, 3.63) is 48.2 Å². The molecule has 0 aliphatic carbocycles. The molecule has 0 atom stereocenters. The first-order valence-corrected chi connectivity index (χ1v) is 10.1. The van der Waals surface area contributed by atoms with E-state index in [0.29, 0.717) is 36.3 Å². The van der Waals surface area contributed by atoms with E-state index in [1.54, 1.807) is 18.4 Å². The zero-order valence-electron chi connectivity index (χ0n) is 17.5. The minimum atomic E-state index is -0.160. The SMILES string of the molecule is CC(C)(CCO)Nc1ccc(CCNc2nc(N)n3nc(-c4ccco4)nc3n2)cc1. The van der Waals surface area contributed by atoms with Crippen molar-refractivity contribution in [2.24, 2.45) is 0 Å². The average Bonchev–Trinajstić information content (AvgIpc) is 3.39. The van der Waals surface area contributed by atoms with Gasteiger partial charge < -0.3 is 25.9 Å². The van der Waals surface area contributed by atoms with Crippen LogP contribution >= 0.6 is 0 Å². The number of hydrogen-bond acceptors (Lipinski definition) is 9. The Morgan fingerprint density at radius 1 is 1.13 bits per heavy atom. The smallest absolute Gasteiger partial charge is 0.259 e. The molecule has 0 radical (unpaired) electrons. The summed E-state index contributed by atoms with van der Waals surface area (Å²) in [5, 5.41) is 20.1. The maximum atomic E-state index is 9.16. The quantitative estimate of drug-likeness (QED) is 0.320. The van der Waals surface area contributed by atoms with Gasteiger partial charge in [0.2, 0.25) is 17.7 Å². The Bertz CT molecular complexity index is 1140. The Morgan fingerprint density at radius 3 is 2.65 bits per heavy atom. The van der Waals surface area contributed by atoms with Crippen LogP contribution in [0.25, 0.3) is 17.4 Å². The summed E-state index contributed by atoms with van der Waals surface area (Å²) in [6.07, 6.45) is 3.03. The van der Waals surface area contributed by atoms with E-state index in [4.69, 9.17) is 15.3 Å². The number of benzene rings is 1. The fourth-order valence-electron chi connectivity index (χ4n) is 3.20. The first-order valence-electron chi connectivity index (χ1n) is 10.1. The second-order valence-electron chi connectivity index (χ2n) is 7.89. The Kier molecular flexibility index (Phi) is 5.72. The molecule has 0 amide bonds. The molecule has 0 spiro atoms. The van der Waals surface area contributed by atoms with E-state index in [2.05, 4.69) is 56.7 Å². The predicted octanol–water partition coefficient (Wildman–Crippen LogP) is 2.59. The third-order valence-corrected chi connectivity index (χ3v) is 4.85. The summed E-state index contributed by atoms with van der Waals surface area (Å²) in [6, 6.07) is 11.8. The van der Waals surface area contributed by atoms with Crippen LogP contribution in [0.5, 0.6) is 0 Å². The summed E-state index contributed by atoms with van der Waals surface area (Å²) < 4.78 is 6.70. The lowest BCUT2D eigenvalue weighted by molar-refractivity contribution is 0.261. The lowest BCUT2D eigenvalue weighted by atomic mass is 10.0. The highest BCUT2D eigenvalue weighted by molar-refractivity contribution is 5.52. The third kappa shape index (κ3) is 4.92. The van der Waals surface area contributed by atoms with Crippen LogP contribution in [0, 0.1) is 0 Å². The summed E-state index contributed by atoms with van der Waals surface area (Å²) in [6.45, 7) is 4.92. The molecular formula is C21H26N8O2. The standard InChI is InChI=1S/C21H26N8O2/c1-21(2,10-12-30)27-15-7-5-14(6-8-15)9-11-23-19-25-18(22)29-20(26-19)24-17(28-29)16-4-3-13-31-16/h3-8,13,27,30H,9-12H2,1-2H3,(H3,22,23,24,25,26,28). The fraction of sp³-hybridized carbons (Fsp3) is 0.333. The number of aliphatic hydroxyl groups excluding tert-OH is 1. The number of nitrogen functional groups attached to an aromatic ring is 1. The van der Waals surface area contributed by atoms with Gasteiger partial charge in [-0.3, -0.25) is 0 Å². The van der Waals surface area contributed by atoms with E-state index < -0.39 is 0 Å². The number of hydrogen-bond donors (Lipinski definition) is 4. The lowest BCUT2D eigenvalue weighted by Crippen LogP contribution is -2.31. The molecule has 4 aromatic rings. The van der Waals surface area contributed by atoms with Gasteiger partial charge in [0.1, 0.15) is 0 Å². The molecule has 0 saturated carbocycles. The Hall–Kier alpha value is -3.66. The van der Waals surface area contributed by atoms with E-state index in [1.807, 2.05) is 12.1 Å². The zero-order chi connectivity index (χ0) is 21.8. The largest absolute Gasteiger partial charge is 0.461 e. The number of aliphatic hydroxyl groups is 1. The van der Waals surface area contributed by atoms with Crippen LogP contribution < -0.4 is 16.4 Å². The molecule has 162 valence electrons. The van der Waals surface area contributed by atoms with Crippen LogP contribution in [-0.4, -0.2) is 48.4 Å². The molecule has 3 aromatic heterocycles. The van der Waals surface area contributed by atoms with Gasteiger partial charge in [0, 0.05) is 24.4 Å². The molecule has 0 fully saturated rings. The topological polar surface area (TPSA) is 139 Å². The van der Waals surface area contributed by atoms with Gasteiger partial charge in [-0.05, 0) is 56.5 Å². The van der Waals surface area contributed by atoms with E-state index in [0.717, 1.165) is 12.1 Å². The van der Waals surface area contributed by atoms with Crippen LogP contribution in [0.3, 0.4) is 0 Å². The number of nitrogens with two attached hydrogens (primary N) is 1. The van der Waals surface area contributed by atoms with Crippen molar-refractivity contribution in [2.75, 3.05) is 29.5 Å². The van der Waals surface area contributed by atoms with Crippen molar-refractivity contribution in [2.45, 2.75) is 32.2 Å². The van der Waals surface area contributed by atoms with E-state index >= 15 is 0 Å². The highest BCUT2D eigenvalue weighted by Crippen LogP contribution is 2.19. The minimum absolute atomic E-state index is 0.154. The number of rotatable bonds is 9. The van der Waals surface area contributed by atoms with Gasteiger partial charge in [-0.25, -0.2) is 0 Å². The normalized spacial score (nSPS) is 11.7. The minimum Gasteiger partial charge on any atom is -0.461 e. The summed E-state index contributed by atoms with van der Waals surface area (Å²) in [5.41, 5.74) is 8.05. The van der Waals surface area contributed by atoms with E-state index in [1.165, 1.54) is 10.1 Å². The number of aromatic nitrogens is 5. The molecule has 0 bridgehead atoms. The fourth-order valence-corrected chi connectivity index (χ4v) is 3.20. The highest BCUT2D eigenvalue weighted by atomic mass is 16.3. The monoisotopic (exact) mass is 422 g/mol. The third-order valence-electron chi connectivity index (χ3n) is 4.85. The van der Waals surface area contributed by atoms with Crippen molar-refractivity contribution in [1.29, 1.82) is 0 Å². The van der Waals surface area contributed by atoms with Gasteiger partial charge in [0.25, 0.3) is 5.78 Å². The van der Waals surface area contributed by atoms with Gasteiger partial charge in [0.15, 0.2) is 5.76 Å². The maximum absolute atomic E-state index is 9.16. The van der Waals surface area contributed by atoms with Crippen LogP contribution in [0.1, 0.15) is 25.8 Å².